The van der Waals surface area contributed by atoms with Crippen LogP contribution in [0.15, 0.2) is 57.3 Å². The molecule has 0 saturated carbocycles. The summed E-state index contributed by atoms with van der Waals surface area (Å²) in [5.74, 6) is 0. The van der Waals surface area contributed by atoms with Crippen molar-refractivity contribution in [2.75, 3.05) is 0 Å². The maximum atomic E-state index is 8.36. The lowest BCUT2D eigenvalue weighted by Gasteiger charge is -2.12. The highest BCUT2D eigenvalue weighted by atomic mass is 79.9. The molecule has 4 aromatic rings. The quantitative estimate of drug-likeness (QED) is 0.329. The third kappa shape index (κ3) is 1.30. The van der Waals surface area contributed by atoms with Crippen LogP contribution in [0.3, 0.4) is 0 Å². The Labute approximate surface area is 132 Å². The molecule has 0 atom stereocenters. The highest BCUT2D eigenvalue weighted by molar-refractivity contribution is 9.11. The van der Waals surface area contributed by atoms with E-state index in [0.29, 0.717) is 10.8 Å². The standard InChI is InChI=1S/C16H8Br2/c17-13-8-4-10-2-6-12-14(18)7-3-9-1-5-11(13)16(10)15(9)12/h1-8H/i1D,2D,3D,4D,5D,6D,7D,8D. The monoisotopic (exact) mass is 366 g/mol. The van der Waals surface area contributed by atoms with Gasteiger partial charge in [0.2, 0.25) is 0 Å². The van der Waals surface area contributed by atoms with Crippen molar-refractivity contribution in [2.45, 2.75) is 0 Å². The molecule has 0 saturated heterocycles. The molecule has 0 unspecified atom stereocenters. The van der Waals surface area contributed by atoms with Gasteiger partial charge in [-0.3, -0.25) is 0 Å². The highest BCUT2D eigenvalue weighted by Crippen LogP contribution is 2.39. The topological polar surface area (TPSA) is 0 Å². The first-order chi connectivity index (χ1) is 12.1. The average molecular weight is 368 g/mol. The largest absolute Gasteiger partial charge is 0.0635 e. The van der Waals surface area contributed by atoms with Crippen molar-refractivity contribution in [3.05, 3.63) is 57.3 Å². The Morgan fingerprint density at radius 2 is 1.00 bits per heavy atom. The lowest BCUT2D eigenvalue weighted by molar-refractivity contribution is 1.73. The van der Waals surface area contributed by atoms with Crippen molar-refractivity contribution in [3.63, 3.8) is 0 Å². The van der Waals surface area contributed by atoms with Crippen molar-refractivity contribution in [3.8, 4) is 0 Å². The van der Waals surface area contributed by atoms with E-state index >= 15 is 0 Å². The first kappa shape index (κ1) is 5.48. The molecule has 4 aromatic carbocycles. The minimum Gasteiger partial charge on any atom is -0.0537 e. The van der Waals surface area contributed by atoms with E-state index in [1.807, 2.05) is 0 Å². The van der Waals surface area contributed by atoms with Crippen molar-refractivity contribution in [2.24, 2.45) is 0 Å². The van der Waals surface area contributed by atoms with Crippen LogP contribution in [-0.2, 0) is 0 Å². The minimum atomic E-state index is -0.273. The lowest BCUT2D eigenvalue weighted by Crippen LogP contribution is -1.85. The molecule has 4 rings (SSSR count). The van der Waals surface area contributed by atoms with Crippen LogP contribution in [0.25, 0.3) is 32.3 Å². The molecular formula is C16H8Br2. The first-order valence-corrected chi connectivity index (χ1v) is 6.71. The third-order valence-corrected chi connectivity index (χ3v) is 4.10. The molecule has 86 valence electrons. The van der Waals surface area contributed by atoms with Gasteiger partial charge >= 0.3 is 0 Å². The van der Waals surface area contributed by atoms with Gasteiger partial charge in [-0.25, -0.2) is 0 Å². The van der Waals surface area contributed by atoms with E-state index in [4.69, 9.17) is 11.0 Å². The normalized spacial score (nSPS) is 18.1. The van der Waals surface area contributed by atoms with Crippen LogP contribution < -0.4 is 0 Å². The fraction of sp³-hybridized carbons (Fsp3) is 0. The van der Waals surface area contributed by atoms with E-state index in [0.717, 1.165) is 0 Å². The number of hydrogen-bond donors (Lipinski definition) is 0. The summed E-state index contributed by atoms with van der Waals surface area (Å²) in [6.07, 6.45) is 0. The molecule has 0 aliphatic heterocycles. The Morgan fingerprint density at radius 3 is 1.44 bits per heavy atom. The third-order valence-electron chi connectivity index (χ3n) is 2.91. The molecule has 0 fully saturated rings. The zero-order valence-electron chi connectivity index (χ0n) is 16.8. The molecule has 0 aromatic heterocycles. The average Bonchev–Trinajstić information content (AvgIpc) is 2.60. The van der Waals surface area contributed by atoms with Crippen molar-refractivity contribution < 1.29 is 11.0 Å². The molecule has 0 aliphatic rings. The van der Waals surface area contributed by atoms with E-state index < -0.39 is 0 Å². The van der Waals surface area contributed by atoms with Crippen molar-refractivity contribution >= 4 is 64.2 Å². The molecule has 18 heavy (non-hydrogen) atoms. The predicted molar refractivity (Wildman–Crippen MR) is 85.5 cm³/mol. The first-order valence-electron chi connectivity index (χ1n) is 9.13. The molecule has 0 spiro atoms. The Balaban J connectivity index is 2.63. The second-order valence-corrected chi connectivity index (χ2v) is 5.46. The molecule has 0 heterocycles. The van der Waals surface area contributed by atoms with Gasteiger partial charge in [-0.1, -0.05) is 68.1 Å². The smallest absolute Gasteiger partial charge is 0.0537 e. The number of benzene rings is 4. The number of halogens is 2. The summed E-state index contributed by atoms with van der Waals surface area (Å²) in [6.45, 7) is 0. The van der Waals surface area contributed by atoms with Crippen LogP contribution in [-0.4, -0.2) is 0 Å². The fourth-order valence-corrected chi connectivity index (χ4v) is 2.92. The zero-order valence-corrected chi connectivity index (χ0v) is 11.9. The molecule has 0 N–H and O–H groups in total. The Bertz CT molecular complexity index is 1090. The molecule has 0 aliphatic carbocycles. The molecular weight excluding hydrogens is 352 g/mol. The maximum absolute atomic E-state index is 8.36. The van der Waals surface area contributed by atoms with Crippen LogP contribution in [0.2, 0.25) is 0 Å². The fourth-order valence-electron chi connectivity index (χ4n) is 2.13. The minimum absolute atomic E-state index is 0.0493. The summed E-state index contributed by atoms with van der Waals surface area (Å²) in [4.78, 5) is 0. The number of rotatable bonds is 0. The predicted octanol–water partition coefficient (Wildman–Crippen LogP) is 6.11. The Kier molecular flexibility index (Phi) is 1.12. The summed E-state index contributed by atoms with van der Waals surface area (Å²) in [5.41, 5.74) is 0. The molecule has 0 bridgehead atoms. The van der Waals surface area contributed by atoms with E-state index in [2.05, 4.69) is 31.9 Å². The van der Waals surface area contributed by atoms with Crippen LogP contribution in [0.4, 0.5) is 0 Å². The molecule has 0 amide bonds. The van der Waals surface area contributed by atoms with Gasteiger partial charge in [-0.05, 0) is 44.4 Å². The molecule has 2 heteroatoms. The number of hydrogen-bond acceptors (Lipinski definition) is 0. The zero-order chi connectivity index (χ0) is 19.2. The lowest BCUT2D eigenvalue weighted by atomic mass is 9.94. The molecule has 0 nitrogen and oxygen atoms in total. The molecule has 0 radical (unpaired) electrons. The highest BCUT2D eigenvalue weighted by Gasteiger charge is 2.10. The summed E-state index contributed by atoms with van der Waals surface area (Å²) in [7, 11) is 0. The second kappa shape index (κ2) is 3.69. The second-order valence-electron chi connectivity index (χ2n) is 3.88. The van der Waals surface area contributed by atoms with Crippen LogP contribution in [0.1, 0.15) is 11.0 Å². The SMILES string of the molecule is [2H]c1c([2H])c2c([2H])c([2H])c3c(Br)c([2H])c([2H])c4c([2H])c([2H])c(c1Br)c2c43. The van der Waals surface area contributed by atoms with Gasteiger partial charge in [0.25, 0.3) is 0 Å². The Hall–Kier alpha value is -1.12. The van der Waals surface area contributed by atoms with E-state index in [9.17, 15) is 0 Å². The van der Waals surface area contributed by atoms with E-state index in [1.165, 1.54) is 0 Å². The van der Waals surface area contributed by atoms with Gasteiger partial charge in [0, 0.05) is 8.95 Å². The van der Waals surface area contributed by atoms with Crippen LogP contribution in [0.5, 0.6) is 0 Å². The summed E-state index contributed by atoms with van der Waals surface area (Å²) >= 11 is 6.48. The van der Waals surface area contributed by atoms with Gasteiger partial charge in [-0.15, -0.1) is 0 Å². The Morgan fingerprint density at radius 1 is 0.611 bits per heavy atom. The van der Waals surface area contributed by atoms with Crippen molar-refractivity contribution in [1.82, 2.24) is 0 Å². The van der Waals surface area contributed by atoms with E-state index in [1.54, 1.807) is 0 Å². The summed E-state index contributed by atoms with van der Waals surface area (Å²) < 4.78 is 66.5. The van der Waals surface area contributed by atoms with Gasteiger partial charge in [-0.2, -0.15) is 0 Å². The maximum Gasteiger partial charge on any atom is 0.0635 e. The summed E-state index contributed by atoms with van der Waals surface area (Å²) in [6, 6.07) is -1.96. The van der Waals surface area contributed by atoms with Gasteiger partial charge in [0.05, 0.1) is 11.0 Å². The summed E-state index contributed by atoms with van der Waals surface area (Å²) in [5, 5.41) is 1.13. The van der Waals surface area contributed by atoms with Crippen LogP contribution in [0, 0.1) is 0 Å². The van der Waals surface area contributed by atoms with Gasteiger partial charge in [0.15, 0.2) is 0 Å². The van der Waals surface area contributed by atoms with E-state index in [-0.39, 0.29) is 78.8 Å². The van der Waals surface area contributed by atoms with Gasteiger partial charge in [0.1, 0.15) is 0 Å². The van der Waals surface area contributed by atoms with Crippen LogP contribution >= 0.6 is 31.9 Å². The van der Waals surface area contributed by atoms with Crippen molar-refractivity contribution in [1.29, 1.82) is 0 Å². The van der Waals surface area contributed by atoms with Gasteiger partial charge < -0.3 is 0 Å².